The summed E-state index contributed by atoms with van der Waals surface area (Å²) in [4.78, 5) is 28.0. The zero-order chi connectivity index (χ0) is 24.2. The average molecular weight is 478 g/mol. The zero-order valence-electron chi connectivity index (χ0n) is 19.6. The van der Waals surface area contributed by atoms with Crippen molar-refractivity contribution in [1.29, 1.82) is 0 Å². The Morgan fingerprint density at radius 3 is 2.47 bits per heavy atom. The van der Waals surface area contributed by atoms with Gasteiger partial charge in [-0.15, -0.1) is 0 Å². The molecule has 4 rings (SSSR count). The van der Waals surface area contributed by atoms with E-state index in [0.29, 0.717) is 23.9 Å². The van der Waals surface area contributed by atoms with Gasteiger partial charge in [-0.2, -0.15) is 0 Å². The van der Waals surface area contributed by atoms with Crippen molar-refractivity contribution in [2.75, 3.05) is 13.7 Å². The fourth-order valence-electron chi connectivity index (χ4n) is 4.28. The summed E-state index contributed by atoms with van der Waals surface area (Å²) in [5.74, 6) is -0.150. The van der Waals surface area contributed by atoms with Gasteiger partial charge in [0.05, 0.1) is 13.7 Å². The van der Waals surface area contributed by atoms with E-state index in [1.807, 2.05) is 59.6 Å². The van der Waals surface area contributed by atoms with Crippen molar-refractivity contribution >= 4 is 28.9 Å². The number of carbonyl (C=O) groups excluding carboxylic acids is 2. The van der Waals surface area contributed by atoms with Gasteiger partial charge in [0.2, 0.25) is 0 Å². The molecule has 0 spiro atoms. The molecule has 2 aromatic carbocycles. The van der Waals surface area contributed by atoms with Gasteiger partial charge in [-0.3, -0.25) is 4.79 Å². The van der Waals surface area contributed by atoms with Crippen molar-refractivity contribution in [2.24, 2.45) is 5.92 Å². The Kier molecular flexibility index (Phi) is 7.35. The van der Waals surface area contributed by atoms with Crippen LogP contribution in [0.5, 0.6) is 0 Å². The number of methoxy groups -OCH3 is 1. The molecule has 0 saturated carbocycles. The highest BCUT2D eigenvalue weighted by Gasteiger charge is 2.36. The van der Waals surface area contributed by atoms with Gasteiger partial charge in [-0.1, -0.05) is 67.9 Å². The molecule has 2 aliphatic rings. The normalized spacial score (nSPS) is 18.0. The summed E-state index contributed by atoms with van der Waals surface area (Å²) in [5.41, 5.74) is 4.67. The number of benzene rings is 2. The van der Waals surface area contributed by atoms with Gasteiger partial charge < -0.3 is 14.4 Å². The van der Waals surface area contributed by atoms with Crippen molar-refractivity contribution in [2.45, 2.75) is 33.0 Å². The van der Waals surface area contributed by atoms with Crippen LogP contribution < -0.4 is 0 Å². The third kappa shape index (κ3) is 5.16. The second-order valence-electron chi connectivity index (χ2n) is 8.86. The lowest BCUT2D eigenvalue weighted by atomic mass is 9.81. The number of carbonyl (C=O) groups is 2. The van der Waals surface area contributed by atoms with E-state index in [1.165, 1.54) is 7.11 Å². The molecule has 6 heteroatoms. The van der Waals surface area contributed by atoms with Gasteiger partial charge in [-0.25, -0.2) is 4.79 Å². The molecule has 0 bridgehead atoms. The summed E-state index contributed by atoms with van der Waals surface area (Å²) in [7, 11) is 1.38. The van der Waals surface area contributed by atoms with E-state index in [-0.39, 0.29) is 18.1 Å². The van der Waals surface area contributed by atoms with E-state index >= 15 is 0 Å². The van der Waals surface area contributed by atoms with E-state index in [4.69, 9.17) is 21.1 Å². The van der Waals surface area contributed by atoms with E-state index in [9.17, 15) is 9.59 Å². The van der Waals surface area contributed by atoms with Crippen molar-refractivity contribution in [1.82, 2.24) is 4.90 Å². The first-order valence-corrected chi connectivity index (χ1v) is 11.7. The minimum absolute atomic E-state index is 0.00703. The van der Waals surface area contributed by atoms with Crippen LogP contribution in [-0.2, 0) is 25.7 Å². The Balaban J connectivity index is 1.81. The fourth-order valence-corrected chi connectivity index (χ4v) is 4.41. The SMILES string of the molecule is COC(=O)C1=C(c2ccc(Cl)cc2)C2=CC(OCc3ccccc3)C(=O)CC2=CN1CC(C)C. The van der Waals surface area contributed by atoms with Crippen molar-refractivity contribution in [3.63, 3.8) is 0 Å². The number of halogens is 1. The number of allylic oxidation sites excluding steroid dienone is 3. The minimum atomic E-state index is -0.704. The fraction of sp³-hybridized carbons (Fsp3) is 0.286. The number of nitrogens with zero attached hydrogens (tertiary/aromatic N) is 1. The molecule has 34 heavy (non-hydrogen) atoms. The van der Waals surface area contributed by atoms with Crippen LogP contribution in [0.4, 0.5) is 0 Å². The Morgan fingerprint density at radius 1 is 1.12 bits per heavy atom. The smallest absolute Gasteiger partial charge is 0.355 e. The van der Waals surface area contributed by atoms with Crippen LogP contribution in [0.15, 0.2) is 83.7 Å². The van der Waals surface area contributed by atoms with Crippen molar-refractivity contribution < 1.29 is 19.1 Å². The summed E-state index contributed by atoms with van der Waals surface area (Å²) in [6.07, 6.45) is 3.26. The number of ether oxygens (including phenoxy) is 2. The van der Waals surface area contributed by atoms with E-state index in [1.54, 1.807) is 12.1 Å². The van der Waals surface area contributed by atoms with E-state index in [2.05, 4.69) is 13.8 Å². The molecule has 2 aromatic rings. The Hall–Kier alpha value is -3.15. The van der Waals surface area contributed by atoms with Crippen LogP contribution in [0, 0.1) is 5.92 Å². The molecular weight excluding hydrogens is 450 g/mol. The lowest BCUT2D eigenvalue weighted by Crippen LogP contribution is -2.35. The molecular formula is C28H28ClNO4. The number of Topliss-reactive ketones (excluding diaryl/α,β-unsaturated/α-hetero) is 1. The number of rotatable bonds is 7. The van der Waals surface area contributed by atoms with Gasteiger partial charge in [-0.05, 0) is 46.4 Å². The zero-order valence-corrected chi connectivity index (χ0v) is 20.3. The molecule has 1 heterocycles. The quantitative estimate of drug-likeness (QED) is 0.488. The second-order valence-corrected chi connectivity index (χ2v) is 9.30. The molecule has 0 aromatic heterocycles. The standard InChI is InChI=1S/C28H28ClNO4/c1-18(2)15-30-16-21-13-24(31)25(34-17-19-7-5-4-6-8-19)14-23(21)26(27(30)28(32)33-3)20-9-11-22(29)12-10-20/h4-12,14,16,18,25H,13,15,17H2,1-3H3. The topological polar surface area (TPSA) is 55.8 Å². The lowest BCUT2D eigenvalue weighted by molar-refractivity contribution is -0.137. The highest BCUT2D eigenvalue weighted by molar-refractivity contribution is 6.30. The average Bonchev–Trinajstić information content (AvgIpc) is 2.82. The van der Waals surface area contributed by atoms with E-state index < -0.39 is 12.1 Å². The molecule has 0 N–H and O–H groups in total. The van der Waals surface area contributed by atoms with Gasteiger partial charge in [0.15, 0.2) is 5.78 Å². The maximum atomic E-state index is 13.0. The number of hydrogen-bond donors (Lipinski definition) is 0. The lowest BCUT2D eigenvalue weighted by Gasteiger charge is -2.35. The minimum Gasteiger partial charge on any atom is -0.464 e. The maximum absolute atomic E-state index is 13.0. The van der Waals surface area contributed by atoms with Crippen molar-refractivity contribution in [3.8, 4) is 0 Å². The number of esters is 1. The highest BCUT2D eigenvalue weighted by atomic mass is 35.5. The first-order chi connectivity index (χ1) is 16.4. The molecule has 1 aliphatic heterocycles. The van der Waals surface area contributed by atoms with Gasteiger partial charge in [0, 0.05) is 29.8 Å². The first kappa shape index (κ1) is 24.0. The molecule has 0 amide bonds. The van der Waals surface area contributed by atoms with Crippen molar-refractivity contribution in [3.05, 3.63) is 99.9 Å². The Labute approximate surface area is 205 Å². The third-order valence-corrected chi connectivity index (χ3v) is 6.05. The van der Waals surface area contributed by atoms with Crippen LogP contribution in [0.3, 0.4) is 0 Å². The predicted molar refractivity (Wildman–Crippen MR) is 133 cm³/mol. The second kappa shape index (κ2) is 10.4. The van der Waals surface area contributed by atoms with Crippen LogP contribution in [0.25, 0.3) is 5.57 Å². The molecule has 1 atom stereocenters. The van der Waals surface area contributed by atoms with E-state index in [0.717, 1.165) is 27.8 Å². The summed E-state index contributed by atoms with van der Waals surface area (Å²) in [6, 6.07) is 17.1. The molecule has 1 unspecified atom stereocenters. The largest absolute Gasteiger partial charge is 0.464 e. The number of ketones is 1. The van der Waals surface area contributed by atoms with Crippen LogP contribution in [0.2, 0.25) is 5.02 Å². The number of fused-ring (bicyclic) bond motifs is 1. The number of hydrogen-bond acceptors (Lipinski definition) is 5. The van der Waals surface area contributed by atoms with Gasteiger partial charge in [0.25, 0.3) is 0 Å². The van der Waals surface area contributed by atoms with Gasteiger partial charge >= 0.3 is 5.97 Å². The summed E-state index contributed by atoms with van der Waals surface area (Å²) in [6.45, 7) is 5.10. The summed E-state index contributed by atoms with van der Waals surface area (Å²) >= 11 is 6.14. The highest BCUT2D eigenvalue weighted by Crippen LogP contribution is 2.42. The molecule has 5 nitrogen and oxygen atoms in total. The molecule has 1 aliphatic carbocycles. The summed E-state index contributed by atoms with van der Waals surface area (Å²) < 4.78 is 11.2. The molecule has 0 fully saturated rings. The molecule has 0 radical (unpaired) electrons. The van der Waals surface area contributed by atoms with Crippen LogP contribution in [0.1, 0.15) is 31.4 Å². The molecule has 176 valence electrons. The van der Waals surface area contributed by atoms with Crippen LogP contribution in [-0.4, -0.2) is 36.4 Å². The summed E-state index contributed by atoms with van der Waals surface area (Å²) in [5, 5.41) is 0.603. The molecule has 0 saturated heterocycles. The Morgan fingerprint density at radius 2 is 1.82 bits per heavy atom. The van der Waals surface area contributed by atoms with Gasteiger partial charge in [0.1, 0.15) is 11.8 Å². The third-order valence-electron chi connectivity index (χ3n) is 5.80. The van der Waals surface area contributed by atoms with Crippen LogP contribution >= 0.6 is 11.6 Å². The monoisotopic (exact) mass is 477 g/mol. The Bertz CT molecular complexity index is 1160. The maximum Gasteiger partial charge on any atom is 0.355 e. The predicted octanol–water partition coefficient (Wildman–Crippen LogP) is 5.56. The first-order valence-electron chi connectivity index (χ1n) is 11.3.